The van der Waals surface area contributed by atoms with Crippen LogP contribution in [0.4, 0.5) is 5.69 Å². The number of halogens is 1. The fraction of sp³-hybridized carbons (Fsp3) is 0.133. The van der Waals surface area contributed by atoms with Crippen molar-refractivity contribution in [1.82, 2.24) is 0 Å². The van der Waals surface area contributed by atoms with Crippen LogP contribution in [0.25, 0.3) is 0 Å². The van der Waals surface area contributed by atoms with Gasteiger partial charge in [0.1, 0.15) is 0 Å². The van der Waals surface area contributed by atoms with Gasteiger partial charge in [0.25, 0.3) is 0 Å². The lowest BCUT2D eigenvalue weighted by molar-refractivity contribution is -0.115. The summed E-state index contributed by atoms with van der Waals surface area (Å²) in [6.07, 6.45) is 0.384. The van der Waals surface area contributed by atoms with E-state index in [4.69, 9.17) is 11.6 Å². The molecule has 2 aromatic carbocycles. The Labute approximate surface area is 112 Å². The average molecular weight is 260 g/mol. The van der Waals surface area contributed by atoms with Crippen LogP contribution in [0.3, 0.4) is 0 Å². The Hall–Kier alpha value is -1.80. The molecule has 0 aliphatic rings. The molecule has 0 bridgehead atoms. The molecule has 0 atom stereocenters. The summed E-state index contributed by atoms with van der Waals surface area (Å²) >= 11 is 5.79. The van der Waals surface area contributed by atoms with Crippen LogP contribution in [-0.2, 0) is 11.2 Å². The fourth-order valence-electron chi connectivity index (χ4n) is 1.72. The Morgan fingerprint density at radius 1 is 1.11 bits per heavy atom. The fourth-order valence-corrected chi connectivity index (χ4v) is 1.85. The molecular formula is C15H14ClNO. The molecule has 0 spiro atoms. The van der Waals surface area contributed by atoms with Crippen molar-refractivity contribution in [3.63, 3.8) is 0 Å². The van der Waals surface area contributed by atoms with Crippen molar-refractivity contribution in [2.45, 2.75) is 13.3 Å². The lowest BCUT2D eigenvalue weighted by Crippen LogP contribution is -2.14. The summed E-state index contributed by atoms with van der Waals surface area (Å²) in [4.78, 5) is 11.9. The molecule has 1 amide bonds. The summed E-state index contributed by atoms with van der Waals surface area (Å²) in [5.41, 5.74) is 2.94. The average Bonchev–Trinajstić information content (AvgIpc) is 2.35. The Kier molecular flexibility index (Phi) is 4.00. The number of benzene rings is 2. The number of amides is 1. The molecule has 2 nitrogen and oxygen atoms in total. The number of nitrogens with one attached hydrogen (secondary N) is 1. The first-order chi connectivity index (χ1) is 8.65. The molecule has 92 valence electrons. The first-order valence-corrected chi connectivity index (χ1v) is 6.13. The number of aryl methyl sites for hydroxylation is 1. The summed E-state index contributed by atoms with van der Waals surface area (Å²) in [5, 5.41) is 3.51. The summed E-state index contributed by atoms with van der Waals surface area (Å²) in [5.74, 6) is -0.0216. The Morgan fingerprint density at radius 3 is 2.44 bits per heavy atom. The highest BCUT2D eigenvalue weighted by Crippen LogP contribution is 2.14. The Bertz CT molecular complexity index is 549. The van der Waals surface area contributed by atoms with E-state index < -0.39 is 0 Å². The second-order valence-electron chi connectivity index (χ2n) is 4.16. The molecule has 2 rings (SSSR count). The van der Waals surface area contributed by atoms with Crippen LogP contribution in [0.15, 0.2) is 48.5 Å². The molecule has 0 saturated carbocycles. The van der Waals surface area contributed by atoms with Crippen molar-refractivity contribution in [2.24, 2.45) is 0 Å². The van der Waals surface area contributed by atoms with Crippen LogP contribution in [0.1, 0.15) is 11.1 Å². The maximum atomic E-state index is 11.9. The van der Waals surface area contributed by atoms with Crippen LogP contribution < -0.4 is 5.32 Å². The van der Waals surface area contributed by atoms with Crippen LogP contribution >= 0.6 is 11.6 Å². The second-order valence-corrected chi connectivity index (χ2v) is 4.59. The normalized spacial score (nSPS) is 10.1. The highest BCUT2D eigenvalue weighted by atomic mass is 35.5. The number of carbonyl (C=O) groups is 1. The highest BCUT2D eigenvalue weighted by Gasteiger charge is 2.05. The maximum Gasteiger partial charge on any atom is 0.228 e. The van der Waals surface area contributed by atoms with Crippen molar-refractivity contribution >= 4 is 23.2 Å². The van der Waals surface area contributed by atoms with E-state index >= 15 is 0 Å². The van der Waals surface area contributed by atoms with Gasteiger partial charge in [-0.1, -0.05) is 35.9 Å². The third-order valence-corrected chi connectivity index (χ3v) is 2.99. The van der Waals surface area contributed by atoms with Crippen molar-refractivity contribution in [1.29, 1.82) is 0 Å². The van der Waals surface area contributed by atoms with E-state index in [1.807, 2.05) is 31.2 Å². The lowest BCUT2D eigenvalue weighted by atomic mass is 10.1. The van der Waals surface area contributed by atoms with Gasteiger partial charge in [-0.05, 0) is 42.3 Å². The molecule has 1 N–H and O–H groups in total. The number of rotatable bonds is 3. The molecule has 2 aromatic rings. The molecule has 0 radical (unpaired) electrons. The molecule has 3 heteroatoms. The van der Waals surface area contributed by atoms with Crippen molar-refractivity contribution in [3.8, 4) is 0 Å². The molecule has 18 heavy (non-hydrogen) atoms. The van der Waals surface area contributed by atoms with Crippen LogP contribution in [0.5, 0.6) is 0 Å². The molecule has 0 saturated heterocycles. The van der Waals surface area contributed by atoms with Gasteiger partial charge in [-0.2, -0.15) is 0 Å². The maximum absolute atomic E-state index is 11.9. The van der Waals surface area contributed by atoms with E-state index in [-0.39, 0.29) is 5.91 Å². The molecular weight excluding hydrogens is 246 g/mol. The smallest absolute Gasteiger partial charge is 0.228 e. The molecule has 0 aromatic heterocycles. The highest BCUT2D eigenvalue weighted by molar-refractivity contribution is 6.30. The summed E-state index contributed by atoms with van der Waals surface area (Å²) < 4.78 is 0. The van der Waals surface area contributed by atoms with Gasteiger partial charge in [0.15, 0.2) is 0 Å². The summed E-state index contributed by atoms with van der Waals surface area (Å²) in [6.45, 7) is 2.00. The van der Waals surface area contributed by atoms with Crippen molar-refractivity contribution in [2.75, 3.05) is 5.32 Å². The zero-order chi connectivity index (χ0) is 13.0. The minimum Gasteiger partial charge on any atom is -0.326 e. The molecule has 0 unspecified atom stereocenters. The zero-order valence-corrected chi connectivity index (χ0v) is 10.9. The van der Waals surface area contributed by atoms with E-state index in [2.05, 4.69) is 5.32 Å². The monoisotopic (exact) mass is 259 g/mol. The van der Waals surface area contributed by atoms with Gasteiger partial charge < -0.3 is 5.32 Å². The van der Waals surface area contributed by atoms with E-state index in [1.165, 1.54) is 0 Å². The van der Waals surface area contributed by atoms with Gasteiger partial charge in [-0.3, -0.25) is 4.79 Å². The van der Waals surface area contributed by atoms with E-state index in [1.54, 1.807) is 24.3 Å². The summed E-state index contributed by atoms with van der Waals surface area (Å²) in [7, 11) is 0. The van der Waals surface area contributed by atoms with Crippen molar-refractivity contribution in [3.05, 3.63) is 64.7 Å². The Morgan fingerprint density at radius 2 is 1.78 bits per heavy atom. The van der Waals surface area contributed by atoms with Crippen LogP contribution in [-0.4, -0.2) is 5.91 Å². The van der Waals surface area contributed by atoms with Gasteiger partial charge in [0, 0.05) is 10.7 Å². The minimum absolute atomic E-state index is 0.0216. The largest absolute Gasteiger partial charge is 0.326 e. The predicted molar refractivity (Wildman–Crippen MR) is 75.0 cm³/mol. The zero-order valence-electron chi connectivity index (χ0n) is 10.1. The topological polar surface area (TPSA) is 29.1 Å². The number of anilines is 1. The van der Waals surface area contributed by atoms with Crippen LogP contribution in [0.2, 0.25) is 5.02 Å². The van der Waals surface area contributed by atoms with E-state index in [9.17, 15) is 4.79 Å². The SMILES string of the molecule is Cc1ccccc1CC(=O)Nc1ccc(Cl)cc1. The molecule has 0 heterocycles. The van der Waals surface area contributed by atoms with Crippen molar-refractivity contribution < 1.29 is 4.79 Å². The van der Waals surface area contributed by atoms with Gasteiger partial charge in [-0.15, -0.1) is 0 Å². The quantitative estimate of drug-likeness (QED) is 0.892. The van der Waals surface area contributed by atoms with Crippen LogP contribution in [0, 0.1) is 6.92 Å². The van der Waals surface area contributed by atoms with E-state index in [0.29, 0.717) is 11.4 Å². The summed E-state index contributed by atoms with van der Waals surface area (Å²) in [6, 6.07) is 15.0. The third kappa shape index (κ3) is 3.34. The number of hydrogen-bond donors (Lipinski definition) is 1. The molecule has 0 aliphatic heterocycles. The third-order valence-electron chi connectivity index (χ3n) is 2.74. The van der Waals surface area contributed by atoms with Gasteiger partial charge in [0.2, 0.25) is 5.91 Å². The van der Waals surface area contributed by atoms with Gasteiger partial charge in [0.05, 0.1) is 6.42 Å². The molecule has 0 fully saturated rings. The Balaban J connectivity index is 2.01. The minimum atomic E-state index is -0.0216. The second kappa shape index (κ2) is 5.69. The number of hydrogen-bond acceptors (Lipinski definition) is 1. The standard InChI is InChI=1S/C15H14ClNO/c1-11-4-2-3-5-12(11)10-15(18)17-14-8-6-13(16)7-9-14/h2-9H,10H2,1H3,(H,17,18). The van der Waals surface area contributed by atoms with Gasteiger partial charge in [-0.25, -0.2) is 0 Å². The predicted octanol–water partition coefficient (Wildman–Crippen LogP) is 3.83. The molecule has 0 aliphatic carbocycles. The lowest BCUT2D eigenvalue weighted by Gasteiger charge is -2.07. The van der Waals surface area contributed by atoms with E-state index in [0.717, 1.165) is 16.8 Å². The van der Waals surface area contributed by atoms with Gasteiger partial charge >= 0.3 is 0 Å². The number of carbonyl (C=O) groups excluding carboxylic acids is 1. The first kappa shape index (κ1) is 12.7. The first-order valence-electron chi connectivity index (χ1n) is 5.75.